The van der Waals surface area contributed by atoms with E-state index in [1.165, 1.54) is 23.4 Å². The first kappa shape index (κ1) is 10.8. The molecule has 0 saturated heterocycles. The zero-order valence-electron chi connectivity index (χ0n) is 9.68. The van der Waals surface area contributed by atoms with Crippen LogP contribution in [0.5, 0.6) is 0 Å². The Bertz CT molecular complexity index is 504. The Morgan fingerprint density at radius 1 is 1.47 bits per heavy atom. The largest absolute Gasteiger partial charge is 0.315 e. The summed E-state index contributed by atoms with van der Waals surface area (Å²) in [5.74, 6) is 0.685. The molecule has 2 aromatic rings. The molecule has 1 N–H and O–H groups in total. The summed E-state index contributed by atoms with van der Waals surface area (Å²) in [5.41, 5.74) is 2.20. The summed E-state index contributed by atoms with van der Waals surface area (Å²) in [5, 5.41) is 4.22. The van der Waals surface area contributed by atoms with E-state index in [4.69, 9.17) is 4.98 Å². The van der Waals surface area contributed by atoms with E-state index in [9.17, 15) is 0 Å². The first-order valence-electron chi connectivity index (χ1n) is 5.79. The maximum absolute atomic E-state index is 4.75. The van der Waals surface area contributed by atoms with E-state index < -0.39 is 0 Å². The number of nitrogens with zero attached hydrogens (tertiary/aromatic N) is 3. The standard InChI is InChI=1S/C12H14N4S/c1-13-6-10-11(8-2-3-8)16-12(17-10)9-4-5-14-7-15-9/h4-5,7-8,13H,2-3,6H2,1H3. The summed E-state index contributed by atoms with van der Waals surface area (Å²) >= 11 is 1.74. The van der Waals surface area contributed by atoms with Crippen LogP contribution in [-0.2, 0) is 6.54 Å². The Morgan fingerprint density at radius 3 is 3.00 bits per heavy atom. The molecule has 88 valence electrons. The zero-order chi connectivity index (χ0) is 11.7. The van der Waals surface area contributed by atoms with Crippen molar-refractivity contribution in [2.75, 3.05) is 7.05 Å². The van der Waals surface area contributed by atoms with Gasteiger partial charge in [-0.2, -0.15) is 0 Å². The lowest BCUT2D eigenvalue weighted by Crippen LogP contribution is -2.05. The molecule has 1 saturated carbocycles. The topological polar surface area (TPSA) is 50.7 Å². The highest BCUT2D eigenvalue weighted by atomic mass is 32.1. The number of thiazole rings is 1. The molecular formula is C12H14N4S. The molecule has 1 aliphatic carbocycles. The minimum Gasteiger partial charge on any atom is -0.315 e. The van der Waals surface area contributed by atoms with E-state index in [-0.39, 0.29) is 0 Å². The fraction of sp³-hybridized carbons (Fsp3) is 0.417. The molecule has 1 fully saturated rings. The van der Waals surface area contributed by atoms with E-state index in [2.05, 4.69) is 15.3 Å². The summed E-state index contributed by atoms with van der Waals surface area (Å²) in [4.78, 5) is 14.3. The molecule has 0 unspecified atom stereocenters. The predicted molar refractivity (Wildman–Crippen MR) is 67.9 cm³/mol. The van der Waals surface area contributed by atoms with Gasteiger partial charge in [0.25, 0.3) is 0 Å². The summed E-state index contributed by atoms with van der Waals surface area (Å²) in [6, 6.07) is 1.92. The molecular weight excluding hydrogens is 232 g/mol. The van der Waals surface area contributed by atoms with Crippen molar-refractivity contribution < 1.29 is 0 Å². The smallest absolute Gasteiger partial charge is 0.142 e. The van der Waals surface area contributed by atoms with Crippen LogP contribution < -0.4 is 5.32 Å². The minimum absolute atomic E-state index is 0.685. The van der Waals surface area contributed by atoms with Gasteiger partial charge in [0.15, 0.2) is 0 Å². The monoisotopic (exact) mass is 246 g/mol. The summed E-state index contributed by atoms with van der Waals surface area (Å²) in [7, 11) is 1.97. The van der Waals surface area contributed by atoms with E-state index in [0.29, 0.717) is 5.92 Å². The summed E-state index contributed by atoms with van der Waals surface area (Å²) in [6.07, 6.45) is 5.90. The van der Waals surface area contributed by atoms with Crippen LogP contribution in [0.3, 0.4) is 0 Å². The van der Waals surface area contributed by atoms with Crippen LogP contribution in [0, 0.1) is 0 Å². The SMILES string of the molecule is CNCc1sc(-c2ccncn2)nc1C1CC1. The highest BCUT2D eigenvalue weighted by Crippen LogP contribution is 2.43. The third-order valence-electron chi connectivity index (χ3n) is 2.83. The van der Waals surface area contributed by atoms with Crippen LogP contribution in [0.4, 0.5) is 0 Å². The number of hydrogen-bond donors (Lipinski definition) is 1. The van der Waals surface area contributed by atoms with Crippen LogP contribution >= 0.6 is 11.3 Å². The molecule has 0 aromatic carbocycles. The van der Waals surface area contributed by atoms with Crippen LogP contribution in [0.25, 0.3) is 10.7 Å². The Morgan fingerprint density at radius 2 is 2.35 bits per heavy atom. The van der Waals surface area contributed by atoms with Crippen LogP contribution in [0.2, 0.25) is 0 Å². The van der Waals surface area contributed by atoms with Gasteiger partial charge in [-0.15, -0.1) is 11.3 Å². The van der Waals surface area contributed by atoms with Crippen molar-refractivity contribution in [2.45, 2.75) is 25.3 Å². The Balaban J connectivity index is 1.98. The van der Waals surface area contributed by atoms with Gasteiger partial charge in [0.05, 0.1) is 5.69 Å². The Kier molecular flexibility index (Phi) is 2.86. The molecule has 2 heterocycles. The van der Waals surface area contributed by atoms with Gasteiger partial charge < -0.3 is 5.32 Å². The van der Waals surface area contributed by atoms with Gasteiger partial charge in [-0.3, -0.25) is 0 Å². The van der Waals surface area contributed by atoms with Crippen molar-refractivity contribution in [1.82, 2.24) is 20.3 Å². The number of hydrogen-bond acceptors (Lipinski definition) is 5. The average Bonchev–Trinajstić information content (AvgIpc) is 3.13. The molecule has 5 heteroatoms. The van der Waals surface area contributed by atoms with Crippen molar-refractivity contribution in [3.63, 3.8) is 0 Å². The minimum atomic E-state index is 0.685. The predicted octanol–water partition coefficient (Wildman–Crippen LogP) is 2.20. The second-order valence-electron chi connectivity index (χ2n) is 4.23. The molecule has 0 radical (unpaired) electrons. The van der Waals surface area contributed by atoms with Gasteiger partial charge in [0.1, 0.15) is 17.0 Å². The molecule has 3 rings (SSSR count). The van der Waals surface area contributed by atoms with E-state index in [1.54, 1.807) is 23.9 Å². The second-order valence-corrected chi connectivity index (χ2v) is 5.31. The molecule has 2 aromatic heterocycles. The lowest BCUT2D eigenvalue weighted by atomic mass is 10.2. The van der Waals surface area contributed by atoms with Gasteiger partial charge in [-0.25, -0.2) is 15.0 Å². The van der Waals surface area contributed by atoms with Gasteiger partial charge >= 0.3 is 0 Å². The second kappa shape index (κ2) is 4.50. The van der Waals surface area contributed by atoms with Gasteiger partial charge in [0.2, 0.25) is 0 Å². The average molecular weight is 246 g/mol. The third kappa shape index (κ3) is 2.21. The summed E-state index contributed by atoms with van der Waals surface area (Å²) in [6.45, 7) is 0.897. The van der Waals surface area contributed by atoms with E-state index in [0.717, 1.165) is 17.2 Å². The van der Waals surface area contributed by atoms with Crippen LogP contribution in [-0.4, -0.2) is 22.0 Å². The maximum Gasteiger partial charge on any atom is 0.142 e. The summed E-state index contributed by atoms with van der Waals surface area (Å²) < 4.78 is 0. The molecule has 1 aliphatic rings. The third-order valence-corrected chi connectivity index (χ3v) is 3.92. The van der Waals surface area contributed by atoms with Crippen molar-refractivity contribution in [3.05, 3.63) is 29.2 Å². The van der Waals surface area contributed by atoms with Crippen LogP contribution in [0.15, 0.2) is 18.6 Å². The van der Waals surface area contributed by atoms with E-state index in [1.807, 2.05) is 13.1 Å². The highest BCUT2D eigenvalue weighted by Gasteiger charge is 2.29. The fourth-order valence-electron chi connectivity index (χ4n) is 1.85. The lowest BCUT2D eigenvalue weighted by molar-refractivity contribution is 0.813. The van der Waals surface area contributed by atoms with E-state index >= 15 is 0 Å². The van der Waals surface area contributed by atoms with Gasteiger partial charge in [-0.1, -0.05) is 0 Å². The van der Waals surface area contributed by atoms with Crippen molar-refractivity contribution in [1.29, 1.82) is 0 Å². The quantitative estimate of drug-likeness (QED) is 0.898. The number of aromatic nitrogens is 3. The molecule has 0 spiro atoms. The fourth-order valence-corrected chi connectivity index (χ4v) is 2.99. The zero-order valence-corrected chi connectivity index (χ0v) is 10.5. The number of rotatable bonds is 4. The van der Waals surface area contributed by atoms with Gasteiger partial charge in [0, 0.05) is 23.5 Å². The van der Waals surface area contributed by atoms with Crippen molar-refractivity contribution >= 4 is 11.3 Å². The normalized spacial score (nSPS) is 15.1. The maximum atomic E-state index is 4.75. The Hall–Kier alpha value is -1.33. The molecule has 4 nitrogen and oxygen atoms in total. The molecule has 17 heavy (non-hydrogen) atoms. The first-order chi connectivity index (χ1) is 8.38. The van der Waals surface area contributed by atoms with Crippen molar-refractivity contribution in [2.24, 2.45) is 0 Å². The Labute approximate surface area is 104 Å². The number of nitrogens with one attached hydrogen (secondary N) is 1. The molecule has 0 bridgehead atoms. The lowest BCUT2D eigenvalue weighted by Gasteiger charge is -1.97. The molecule has 0 aliphatic heterocycles. The van der Waals surface area contributed by atoms with Gasteiger partial charge in [-0.05, 0) is 26.0 Å². The molecule has 0 atom stereocenters. The van der Waals surface area contributed by atoms with Crippen LogP contribution in [0.1, 0.15) is 29.3 Å². The first-order valence-corrected chi connectivity index (χ1v) is 6.60. The molecule has 0 amide bonds. The van der Waals surface area contributed by atoms with Crippen molar-refractivity contribution in [3.8, 4) is 10.7 Å². The highest BCUT2D eigenvalue weighted by molar-refractivity contribution is 7.15.